The molecule has 1 fully saturated rings. The first-order valence-corrected chi connectivity index (χ1v) is 9.70. The monoisotopic (exact) mass is 460 g/mol. The average Bonchev–Trinajstić information content (AvgIpc) is 2.86. The Kier molecular flexibility index (Phi) is 5.44. The smallest absolute Gasteiger partial charge is 0.293 e. The van der Waals surface area contributed by atoms with Gasteiger partial charge in [-0.2, -0.15) is 0 Å². The van der Waals surface area contributed by atoms with Gasteiger partial charge in [0.1, 0.15) is 0 Å². The normalized spacial score (nSPS) is 16.1. The van der Waals surface area contributed by atoms with Gasteiger partial charge in [0.05, 0.1) is 10.3 Å². The minimum absolute atomic E-state index is 0.0861. The summed E-state index contributed by atoms with van der Waals surface area (Å²) in [7, 11) is 5.02. The van der Waals surface area contributed by atoms with Crippen LogP contribution in [0.2, 0.25) is 0 Å². The largest absolute Gasteiger partial charge is 0.504 e. The lowest BCUT2D eigenvalue weighted by molar-refractivity contribution is -0.121. The maximum Gasteiger partial charge on any atom is 0.293 e. The standard InChI is InChI=1S/C16H15B2BrN4O4S/c1-23-13(25)12(28-15(23)26)3-7-2-11(10(24)4-9(7)19)27-16(17,18)8-5-21-14(20)22-6-8/h2-6,24H,17-18H2,1H3,(H2,20,21,22)/b12-3-. The van der Waals surface area contributed by atoms with Gasteiger partial charge in [-0.05, 0) is 35.5 Å². The van der Waals surface area contributed by atoms with Crippen LogP contribution in [0.15, 0.2) is 33.9 Å². The Hall–Kier alpha value is -2.46. The van der Waals surface area contributed by atoms with E-state index >= 15 is 0 Å². The molecule has 28 heavy (non-hydrogen) atoms. The minimum Gasteiger partial charge on any atom is -0.504 e. The lowest BCUT2D eigenvalue weighted by Crippen LogP contribution is -2.34. The maximum absolute atomic E-state index is 12.1. The summed E-state index contributed by atoms with van der Waals surface area (Å²) in [6, 6.07) is 3.05. The van der Waals surface area contributed by atoms with Crippen molar-refractivity contribution in [3.05, 3.63) is 45.0 Å². The van der Waals surface area contributed by atoms with Crippen molar-refractivity contribution in [1.29, 1.82) is 0 Å². The molecule has 8 nitrogen and oxygen atoms in total. The highest BCUT2D eigenvalue weighted by molar-refractivity contribution is 9.10. The zero-order valence-corrected chi connectivity index (χ0v) is 17.7. The number of ether oxygens (including phenoxy) is 1. The van der Waals surface area contributed by atoms with E-state index in [1.807, 2.05) is 0 Å². The van der Waals surface area contributed by atoms with E-state index in [9.17, 15) is 14.7 Å². The highest BCUT2D eigenvalue weighted by atomic mass is 79.9. The molecule has 1 saturated heterocycles. The summed E-state index contributed by atoms with van der Waals surface area (Å²) in [5.74, 6) is -0.112. The van der Waals surface area contributed by atoms with Crippen LogP contribution in [0.3, 0.4) is 0 Å². The fourth-order valence-corrected chi connectivity index (χ4v) is 3.68. The second-order valence-electron chi connectivity index (χ2n) is 6.52. The molecular formula is C16H15B2BrN4O4S. The van der Waals surface area contributed by atoms with E-state index in [4.69, 9.17) is 10.5 Å². The molecule has 0 aliphatic carbocycles. The average molecular weight is 461 g/mol. The first-order chi connectivity index (χ1) is 13.1. The number of phenols is 1. The summed E-state index contributed by atoms with van der Waals surface area (Å²) in [6.07, 6.45) is 4.68. The maximum atomic E-state index is 12.1. The molecule has 3 rings (SSSR count). The highest BCUT2D eigenvalue weighted by Gasteiger charge is 2.32. The Bertz CT molecular complexity index is 1000. The van der Waals surface area contributed by atoms with Crippen LogP contribution in [0.4, 0.5) is 10.7 Å². The fourth-order valence-electron chi connectivity index (χ4n) is 2.42. The molecule has 142 valence electrons. The van der Waals surface area contributed by atoms with E-state index in [2.05, 4.69) is 25.9 Å². The molecule has 1 aromatic carbocycles. The predicted octanol–water partition coefficient (Wildman–Crippen LogP) is 0.649. The Balaban J connectivity index is 1.95. The number of nitrogens with two attached hydrogens (primary N) is 1. The van der Waals surface area contributed by atoms with Gasteiger partial charge < -0.3 is 15.6 Å². The predicted molar refractivity (Wildman–Crippen MR) is 115 cm³/mol. The van der Waals surface area contributed by atoms with Gasteiger partial charge in [-0.25, -0.2) is 9.97 Å². The zero-order valence-electron chi connectivity index (χ0n) is 15.3. The van der Waals surface area contributed by atoms with Crippen LogP contribution in [0, 0.1) is 0 Å². The molecule has 0 saturated carbocycles. The molecule has 1 aliphatic rings. The van der Waals surface area contributed by atoms with Crippen molar-refractivity contribution in [3.63, 3.8) is 0 Å². The second kappa shape index (κ2) is 7.51. The Morgan fingerprint density at radius 1 is 1.32 bits per heavy atom. The summed E-state index contributed by atoms with van der Waals surface area (Å²) >= 11 is 4.21. The van der Waals surface area contributed by atoms with E-state index in [0.717, 1.165) is 16.7 Å². The fraction of sp³-hybridized carbons (Fsp3) is 0.125. The molecule has 0 atom stereocenters. The summed E-state index contributed by atoms with van der Waals surface area (Å²) < 4.78 is 6.55. The number of aromatic nitrogens is 2. The van der Waals surface area contributed by atoms with Crippen LogP contribution in [0.25, 0.3) is 6.08 Å². The Morgan fingerprint density at radius 3 is 2.54 bits per heavy atom. The number of hydrogen-bond donors (Lipinski definition) is 2. The van der Waals surface area contributed by atoms with E-state index in [-0.39, 0.29) is 33.5 Å². The van der Waals surface area contributed by atoms with Crippen molar-refractivity contribution in [3.8, 4) is 11.5 Å². The summed E-state index contributed by atoms with van der Waals surface area (Å²) in [5.41, 5.74) is 6.76. The van der Waals surface area contributed by atoms with E-state index < -0.39 is 5.40 Å². The molecule has 1 aromatic heterocycles. The van der Waals surface area contributed by atoms with Gasteiger partial charge in [0, 0.05) is 29.5 Å². The molecule has 0 unspecified atom stereocenters. The van der Waals surface area contributed by atoms with Gasteiger partial charge in [0.25, 0.3) is 11.1 Å². The quantitative estimate of drug-likeness (QED) is 0.504. The van der Waals surface area contributed by atoms with Crippen molar-refractivity contribution in [1.82, 2.24) is 14.9 Å². The summed E-state index contributed by atoms with van der Waals surface area (Å²) in [5, 5.41) is 9.10. The third-order valence-corrected chi connectivity index (χ3v) is 5.73. The molecule has 1 aliphatic heterocycles. The molecule has 2 heterocycles. The van der Waals surface area contributed by atoms with Crippen LogP contribution in [-0.2, 0) is 10.2 Å². The van der Waals surface area contributed by atoms with Crippen LogP contribution in [0.1, 0.15) is 11.1 Å². The lowest BCUT2D eigenvalue weighted by atomic mass is 9.61. The molecule has 0 bridgehead atoms. The first kappa shape index (κ1) is 20.3. The molecule has 2 amide bonds. The second-order valence-corrected chi connectivity index (χ2v) is 8.37. The minimum atomic E-state index is -0.864. The number of aromatic hydroxyl groups is 1. The SMILES string of the molecule is BC(B)(Oc1cc(/C=C2\SC(=O)N(C)C2=O)c(Br)cc1O)c1cnc(N)nc1. The van der Waals surface area contributed by atoms with Crippen LogP contribution >= 0.6 is 27.7 Å². The summed E-state index contributed by atoms with van der Waals surface area (Å²) in [6.45, 7) is 0. The number of carbonyl (C=O) groups excluding carboxylic acids is 2. The van der Waals surface area contributed by atoms with Crippen LogP contribution < -0.4 is 10.5 Å². The number of rotatable bonds is 4. The molecule has 3 N–H and O–H groups in total. The van der Waals surface area contributed by atoms with Crippen molar-refractivity contribution in [2.75, 3.05) is 12.8 Å². The van der Waals surface area contributed by atoms with Crippen molar-refractivity contribution in [2.24, 2.45) is 0 Å². The number of benzene rings is 1. The van der Waals surface area contributed by atoms with E-state index in [1.54, 1.807) is 40.2 Å². The number of halogens is 1. The van der Waals surface area contributed by atoms with Crippen LogP contribution in [-0.4, -0.2) is 53.9 Å². The van der Waals surface area contributed by atoms with Crippen molar-refractivity contribution >= 4 is 66.6 Å². The molecule has 0 spiro atoms. The topological polar surface area (TPSA) is 119 Å². The molecule has 12 heteroatoms. The number of likely N-dealkylation sites (N-methyl/N-ethyl adjacent to an activating group) is 1. The van der Waals surface area contributed by atoms with Crippen molar-refractivity contribution in [2.45, 2.75) is 5.40 Å². The molecule has 2 aromatic rings. The van der Waals surface area contributed by atoms with Gasteiger partial charge in [-0.3, -0.25) is 14.5 Å². The number of amides is 2. The Labute approximate surface area is 175 Å². The van der Waals surface area contributed by atoms with Gasteiger partial charge in [0.2, 0.25) is 5.95 Å². The van der Waals surface area contributed by atoms with E-state index in [0.29, 0.717) is 15.6 Å². The number of thioether (sulfide) groups is 1. The number of carbonyl (C=O) groups is 2. The first-order valence-electron chi connectivity index (χ1n) is 8.09. The number of hydrogen-bond acceptors (Lipinski definition) is 8. The third-order valence-electron chi connectivity index (χ3n) is 4.08. The van der Waals surface area contributed by atoms with Gasteiger partial charge in [0.15, 0.2) is 27.2 Å². The number of anilines is 1. The van der Waals surface area contributed by atoms with Crippen LogP contribution in [0.5, 0.6) is 11.5 Å². The number of nitrogen functional groups attached to an aromatic ring is 1. The molecule has 0 radical (unpaired) electrons. The number of imide groups is 1. The number of nitrogens with zero attached hydrogens (tertiary/aromatic N) is 3. The van der Waals surface area contributed by atoms with Gasteiger partial charge >= 0.3 is 0 Å². The molecular weight excluding hydrogens is 446 g/mol. The highest BCUT2D eigenvalue weighted by Crippen LogP contribution is 2.38. The summed E-state index contributed by atoms with van der Waals surface area (Å²) in [4.78, 5) is 33.1. The number of phenolic OH excluding ortho intramolecular Hbond substituents is 1. The van der Waals surface area contributed by atoms with Gasteiger partial charge in [-0.1, -0.05) is 15.9 Å². The lowest BCUT2D eigenvalue weighted by Gasteiger charge is -2.27. The third kappa shape index (κ3) is 4.02. The van der Waals surface area contributed by atoms with Gasteiger partial charge in [-0.15, -0.1) is 0 Å². The zero-order chi connectivity index (χ0) is 20.6. The van der Waals surface area contributed by atoms with E-state index in [1.165, 1.54) is 13.1 Å². The Morgan fingerprint density at radius 2 is 1.96 bits per heavy atom. The van der Waals surface area contributed by atoms with Crippen molar-refractivity contribution < 1.29 is 19.4 Å².